The number of nitrogens with one attached hydrogen (secondary N) is 2. The number of ketones is 2. The topological polar surface area (TPSA) is 209 Å². The van der Waals surface area contributed by atoms with E-state index >= 15 is 0 Å². The molecule has 1 aromatic carbocycles. The maximum absolute atomic E-state index is 12.5. The van der Waals surface area contributed by atoms with Crippen molar-refractivity contribution in [2.45, 2.75) is 92.5 Å². The Morgan fingerprint density at radius 3 is 1.87 bits per heavy atom. The van der Waals surface area contributed by atoms with E-state index in [9.17, 15) is 31.2 Å². The molecule has 306 valence electrons. The summed E-state index contributed by atoms with van der Waals surface area (Å²) in [4.78, 5) is 41.7. The maximum Gasteiger partial charge on any atom is 0.265 e. The van der Waals surface area contributed by atoms with E-state index in [0.717, 1.165) is 98.5 Å². The third-order valence-corrected chi connectivity index (χ3v) is 15.8. The van der Waals surface area contributed by atoms with Crippen molar-refractivity contribution in [2.24, 2.45) is 33.5 Å². The number of rotatable bonds is 8. The van der Waals surface area contributed by atoms with E-state index in [-0.39, 0.29) is 39.8 Å². The van der Waals surface area contributed by atoms with Crippen LogP contribution in [0, 0.1) is 33.5 Å². The summed E-state index contributed by atoms with van der Waals surface area (Å²) in [6, 6.07) is 4.21. The number of carbonyl (C=O) groups is 2. The van der Waals surface area contributed by atoms with Gasteiger partial charge in [0.1, 0.15) is 17.3 Å². The number of aromatic amines is 1. The summed E-state index contributed by atoms with van der Waals surface area (Å²) >= 11 is 0. The Morgan fingerprint density at radius 2 is 1.42 bits per heavy atom. The van der Waals surface area contributed by atoms with Gasteiger partial charge in [-0.3, -0.25) is 28.4 Å². The number of fused-ring (bicyclic) bond motifs is 7. The van der Waals surface area contributed by atoms with Crippen molar-refractivity contribution in [1.29, 1.82) is 0 Å². The normalized spacial score (nSPS) is 29.2. The van der Waals surface area contributed by atoms with Gasteiger partial charge in [0.05, 0.1) is 58.7 Å². The fourth-order valence-corrected chi connectivity index (χ4v) is 13.2. The summed E-state index contributed by atoms with van der Waals surface area (Å²) < 4.78 is 73.3. The Morgan fingerprint density at radius 1 is 0.873 bits per heavy atom. The van der Waals surface area contributed by atoms with Crippen LogP contribution in [0.5, 0.6) is 5.75 Å². The molecule has 6 aliphatic rings. The molecular formula is C39H57N3O11S2. The fourth-order valence-electron chi connectivity index (χ4n) is 10.6. The summed E-state index contributed by atoms with van der Waals surface area (Å²) in [6.45, 7) is 15.5. The minimum absolute atomic E-state index is 0.0145. The second kappa shape index (κ2) is 15.1. The second-order valence-electron chi connectivity index (χ2n) is 17.5. The van der Waals surface area contributed by atoms with Crippen LogP contribution in [0.4, 0.5) is 5.69 Å². The lowest BCUT2D eigenvalue weighted by Crippen LogP contribution is -2.42. The van der Waals surface area contributed by atoms with E-state index in [1.807, 2.05) is 34.6 Å². The lowest BCUT2D eigenvalue weighted by Gasteiger charge is -2.35. The number of hydrogen-bond donors (Lipinski definition) is 4. The number of Topliss-reactive ketones (excluding diaryl/α,β-unsaturated/α-hetero) is 2. The molecule has 8 rings (SSSR count). The van der Waals surface area contributed by atoms with Gasteiger partial charge in [0.25, 0.3) is 25.8 Å². The first-order valence-electron chi connectivity index (χ1n) is 19.5. The molecule has 0 radical (unpaired) electrons. The first-order valence-corrected chi connectivity index (χ1v) is 22.7. The molecule has 2 aromatic rings. The number of aromatic nitrogens is 1. The van der Waals surface area contributed by atoms with E-state index in [4.69, 9.17) is 18.6 Å². The zero-order valence-corrected chi connectivity index (χ0v) is 34.3. The molecule has 16 heteroatoms. The summed E-state index contributed by atoms with van der Waals surface area (Å²) in [5.41, 5.74) is 1.58. The predicted octanol–water partition coefficient (Wildman–Crippen LogP) is 4.66. The first-order chi connectivity index (χ1) is 25.6. The van der Waals surface area contributed by atoms with Crippen LogP contribution in [0.2, 0.25) is 0 Å². The standard InChI is InChI=1S/C19H25N3O3.2C10H16O4S/c1-2-25-16-11-13(12-22-6-8-24-9-7-22)10-15-17(16)18-14(19(23)21-15)4-3-5-20-18;2*1-9(2)7-3-4-10(9,8(11)5-7)6-15(12,13)14/h10-11,20H,2-9,12H2,1H3,(H,21,23);2*7H,3-6H2,1-2H3,(H,12,13,14). The molecule has 5 fully saturated rings. The molecule has 4 saturated carbocycles. The molecule has 4 N–H and O–H groups in total. The molecule has 55 heavy (non-hydrogen) atoms. The number of H-pyrrole nitrogens is 1. The minimum atomic E-state index is -4.08. The Hall–Kier alpha value is -2.89. The Labute approximate surface area is 324 Å². The van der Waals surface area contributed by atoms with Crippen LogP contribution < -0.4 is 15.6 Å². The van der Waals surface area contributed by atoms with Crippen LogP contribution in [0.1, 0.15) is 90.7 Å². The van der Waals surface area contributed by atoms with Gasteiger partial charge in [-0.15, -0.1) is 0 Å². The maximum atomic E-state index is 12.5. The van der Waals surface area contributed by atoms with Crippen molar-refractivity contribution in [2.75, 3.05) is 56.3 Å². The summed E-state index contributed by atoms with van der Waals surface area (Å²) in [5.74, 6) is 0.649. The number of anilines is 1. The zero-order valence-electron chi connectivity index (χ0n) is 32.7. The van der Waals surface area contributed by atoms with Crippen LogP contribution >= 0.6 is 0 Å². The number of benzene rings is 1. The summed E-state index contributed by atoms with van der Waals surface area (Å²) in [5, 5.41) is 4.42. The Balaban J connectivity index is 0.000000149. The van der Waals surface area contributed by atoms with Gasteiger partial charge in [-0.05, 0) is 85.8 Å². The van der Waals surface area contributed by atoms with Gasteiger partial charge < -0.3 is 19.8 Å². The minimum Gasteiger partial charge on any atom is -0.493 e. The number of morpholine rings is 1. The number of ether oxygens (including phenoxy) is 2. The highest BCUT2D eigenvalue weighted by molar-refractivity contribution is 7.86. The molecule has 1 saturated heterocycles. The van der Waals surface area contributed by atoms with E-state index in [1.165, 1.54) is 0 Å². The molecule has 14 nitrogen and oxygen atoms in total. The summed E-state index contributed by atoms with van der Waals surface area (Å²) in [6.07, 6.45) is 5.75. The lowest BCUT2D eigenvalue weighted by atomic mass is 9.70. The highest BCUT2D eigenvalue weighted by atomic mass is 32.2. The van der Waals surface area contributed by atoms with Gasteiger partial charge >= 0.3 is 0 Å². The monoisotopic (exact) mass is 807 g/mol. The predicted molar refractivity (Wildman–Crippen MR) is 209 cm³/mol. The van der Waals surface area contributed by atoms with E-state index in [1.54, 1.807) is 0 Å². The van der Waals surface area contributed by atoms with E-state index in [2.05, 4.69) is 27.3 Å². The van der Waals surface area contributed by atoms with Crippen LogP contribution in [0.25, 0.3) is 10.9 Å². The molecule has 0 amide bonds. The molecular weight excluding hydrogens is 751 g/mol. The molecule has 1 aromatic heterocycles. The average molecular weight is 808 g/mol. The van der Waals surface area contributed by atoms with Gasteiger partial charge in [0.15, 0.2) is 0 Å². The smallest absolute Gasteiger partial charge is 0.265 e. The van der Waals surface area contributed by atoms with Gasteiger partial charge in [0, 0.05) is 44.6 Å². The van der Waals surface area contributed by atoms with Crippen molar-refractivity contribution < 1.29 is 45.0 Å². The van der Waals surface area contributed by atoms with Crippen LogP contribution in [0.3, 0.4) is 0 Å². The molecule has 3 heterocycles. The van der Waals surface area contributed by atoms with E-state index in [0.29, 0.717) is 32.3 Å². The average Bonchev–Trinajstić information content (AvgIpc) is 3.61. The third kappa shape index (κ3) is 7.88. The molecule has 0 spiro atoms. The first kappa shape index (κ1) is 41.7. The zero-order chi connectivity index (χ0) is 40.2. The number of carbonyl (C=O) groups excluding carboxylic acids is 2. The molecule has 4 aliphatic carbocycles. The number of hydrogen-bond acceptors (Lipinski definition) is 11. The Kier molecular flexibility index (Phi) is 11.5. The number of nitrogens with zero attached hydrogens (tertiary/aromatic N) is 1. The largest absolute Gasteiger partial charge is 0.493 e. The van der Waals surface area contributed by atoms with E-state index < -0.39 is 42.6 Å². The SMILES string of the molecule is CC1(C)C2CCC1(CS(=O)(=O)O)C(=O)C2.CC1(C)C2CCC1(CS(=O)(=O)O)C(=O)C2.CCOc1cc(CN2CCOCC2)cc2[nH]c(=O)c3c(c12)NCCC3. The van der Waals surface area contributed by atoms with Crippen molar-refractivity contribution in [3.63, 3.8) is 0 Å². The second-order valence-corrected chi connectivity index (χ2v) is 20.4. The van der Waals surface area contributed by atoms with Crippen LogP contribution in [0.15, 0.2) is 16.9 Å². The molecule has 2 aliphatic heterocycles. The number of pyridine rings is 1. The lowest BCUT2D eigenvalue weighted by molar-refractivity contribution is -0.128. The molecule has 4 atom stereocenters. The molecule has 4 bridgehead atoms. The Bertz CT molecular complexity index is 2030. The molecule has 4 unspecified atom stereocenters. The summed E-state index contributed by atoms with van der Waals surface area (Å²) in [7, 11) is -8.15. The highest BCUT2D eigenvalue weighted by Crippen LogP contribution is 2.65. The van der Waals surface area contributed by atoms with Crippen molar-refractivity contribution in [3.05, 3.63) is 33.6 Å². The van der Waals surface area contributed by atoms with Gasteiger partial charge in [-0.2, -0.15) is 16.8 Å². The fraction of sp³-hybridized carbons (Fsp3) is 0.718. The van der Waals surface area contributed by atoms with Crippen molar-refractivity contribution in [1.82, 2.24) is 9.88 Å². The van der Waals surface area contributed by atoms with Crippen LogP contribution in [-0.4, -0.2) is 98.4 Å². The van der Waals surface area contributed by atoms with Gasteiger partial charge in [0.2, 0.25) is 0 Å². The van der Waals surface area contributed by atoms with Crippen molar-refractivity contribution in [3.8, 4) is 5.75 Å². The van der Waals surface area contributed by atoms with Crippen molar-refractivity contribution >= 4 is 48.4 Å². The van der Waals surface area contributed by atoms with Gasteiger partial charge in [-0.25, -0.2) is 0 Å². The quantitative estimate of drug-likeness (QED) is 0.268. The third-order valence-electron chi connectivity index (χ3n) is 14.1. The van der Waals surface area contributed by atoms with Crippen LogP contribution in [-0.2, 0) is 47.5 Å². The highest BCUT2D eigenvalue weighted by Gasteiger charge is 2.66. The van der Waals surface area contributed by atoms with Gasteiger partial charge in [-0.1, -0.05) is 27.7 Å².